The van der Waals surface area contributed by atoms with Crippen LogP contribution >= 0.6 is 0 Å². The Balaban J connectivity index is 1.60. The molecule has 31 heavy (non-hydrogen) atoms. The number of methoxy groups -OCH3 is 2. The first-order valence-corrected chi connectivity index (χ1v) is 9.58. The van der Waals surface area contributed by atoms with Gasteiger partial charge in [-0.2, -0.15) is 0 Å². The monoisotopic (exact) mass is 414 g/mol. The SMILES string of the molecule is COc1ccc(/C=C/C(=O)Oc2cccc(/C=C/C(=O)c3ccc(OC)cc3)c2)cc1. The van der Waals surface area contributed by atoms with E-state index in [2.05, 4.69) is 0 Å². The van der Waals surface area contributed by atoms with Gasteiger partial charge in [-0.25, -0.2) is 4.79 Å². The average molecular weight is 414 g/mol. The number of hydrogen-bond donors (Lipinski definition) is 0. The molecule has 0 atom stereocenters. The van der Waals surface area contributed by atoms with E-state index in [1.807, 2.05) is 30.3 Å². The number of carbonyl (C=O) groups excluding carboxylic acids is 2. The topological polar surface area (TPSA) is 61.8 Å². The summed E-state index contributed by atoms with van der Waals surface area (Å²) in [6.07, 6.45) is 6.18. The summed E-state index contributed by atoms with van der Waals surface area (Å²) in [7, 11) is 3.17. The minimum atomic E-state index is -0.494. The largest absolute Gasteiger partial charge is 0.497 e. The molecule has 0 aliphatic carbocycles. The van der Waals surface area contributed by atoms with Crippen molar-refractivity contribution in [3.8, 4) is 17.2 Å². The first-order chi connectivity index (χ1) is 15.1. The van der Waals surface area contributed by atoms with E-state index < -0.39 is 5.97 Å². The van der Waals surface area contributed by atoms with Crippen LogP contribution in [0.3, 0.4) is 0 Å². The normalized spacial score (nSPS) is 10.9. The number of rotatable bonds is 8. The van der Waals surface area contributed by atoms with Gasteiger partial charge in [-0.15, -0.1) is 0 Å². The van der Waals surface area contributed by atoms with Gasteiger partial charge in [0.2, 0.25) is 0 Å². The Bertz CT molecular complexity index is 1090. The first kappa shape index (κ1) is 21.6. The molecule has 0 spiro atoms. The summed E-state index contributed by atoms with van der Waals surface area (Å²) in [4.78, 5) is 24.4. The molecule has 0 bridgehead atoms. The van der Waals surface area contributed by atoms with Gasteiger partial charge >= 0.3 is 5.97 Å². The summed E-state index contributed by atoms with van der Waals surface area (Å²) >= 11 is 0. The van der Waals surface area contributed by atoms with Crippen LogP contribution in [0.5, 0.6) is 17.2 Å². The number of ether oxygens (including phenoxy) is 3. The molecule has 3 aromatic rings. The molecule has 3 rings (SSSR count). The van der Waals surface area contributed by atoms with Gasteiger partial charge in [0.15, 0.2) is 5.78 Å². The van der Waals surface area contributed by atoms with Crippen LogP contribution in [0.25, 0.3) is 12.2 Å². The van der Waals surface area contributed by atoms with E-state index in [-0.39, 0.29) is 5.78 Å². The number of hydrogen-bond acceptors (Lipinski definition) is 5. The Morgan fingerprint density at radius 1 is 0.677 bits per heavy atom. The molecule has 3 aromatic carbocycles. The van der Waals surface area contributed by atoms with Gasteiger partial charge in [-0.3, -0.25) is 4.79 Å². The van der Waals surface area contributed by atoms with Crippen molar-refractivity contribution >= 4 is 23.9 Å². The fraction of sp³-hybridized carbons (Fsp3) is 0.0769. The maximum absolute atomic E-state index is 12.3. The van der Waals surface area contributed by atoms with Crippen LogP contribution in [0, 0.1) is 0 Å². The molecule has 0 aromatic heterocycles. The molecule has 156 valence electrons. The number of ketones is 1. The third kappa shape index (κ3) is 6.44. The van der Waals surface area contributed by atoms with E-state index in [1.165, 1.54) is 12.2 Å². The standard InChI is InChI=1S/C26H22O5/c1-29-22-12-6-19(7-13-22)9-17-26(28)31-24-5-3-4-20(18-24)8-16-25(27)21-10-14-23(30-2)15-11-21/h3-18H,1-2H3/b16-8+,17-9+. The van der Waals surface area contributed by atoms with Gasteiger partial charge in [0.05, 0.1) is 14.2 Å². The van der Waals surface area contributed by atoms with Crippen LogP contribution in [-0.4, -0.2) is 26.0 Å². The van der Waals surface area contributed by atoms with Crippen LogP contribution in [0.15, 0.2) is 84.9 Å². The molecule has 0 aliphatic rings. The molecule has 0 saturated carbocycles. The first-order valence-electron chi connectivity index (χ1n) is 9.58. The van der Waals surface area contributed by atoms with Crippen molar-refractivity contribution in [1.29, 1.82) is 0 Å². The highest BCUT2D eigenvalue weighted by Crippen LogP contribution is 2.17. The van der Waals surface area contributed by atoms with E-state index in [4.69, 9.17) is 14.2 Å². The summed E-state index contributed by atoms with van der Waals surface area (Å²) < 4.78 is 15.6. The Hall–Kier alpha value is -4.12. The van der Waals surface area contributed by atoms with Crippen LogP contribution in [0.2, 0.25) is 0 Å². The Kier molecular flexibility index (Phi) is 7.38. The molecule has 0 N–H and O–H groups in total. The predicted octanol–water partition coefficient (Wildman–Crippen LogP) is 5.22. The van der Waals surface area contributed by atoms with Crippen molar-refractivity contribution in [3.63, 3.8) is 0 Å². The second kappa shape index (κ2) is 10.6. The van der Waals surface area contributed by atoms with Crippen molar-refractivity contribution in [2.75, 3.05) is 14.2 Å². The quantitative estimate of drug-likeness (QED) is 0.219. The van der Waals surface area contributed by atoms with Gasteiger partial charge in [0.25, 0.3) is 0 Å². The lowest BCUT2D eigenvalue weighted by Gasteiger charge is -2.03. The zero-order chi connectivity index (χ0) is 22.1. The van der Waals surface area contributed by atoms with E-state index >= 15 is 0 Å². The number of benzene rings is 3. The molecule has 0 heterocycles. The van der Waals surface area contributed by atoms with Crippen molar-refractivity contribution in [1.82, 2.24) is 0 Å². The average Bonchev–Trinajstić information content (AvgIpc) is 2.82. The second-order valence-corrected chi connectivity index (χ2v) is 6.53. The molecular weight excluding hydrogens is 392 g/mol. The Morgan fingerprint density at radius 3 is 1.94 bits per heavy atom. The van der Waals surface area contributed by atoms with E-state index in [0.717, 1.165) is 16.9 Å². The van der Waals surface area contributed by atoms with Gasteiger partial charge in [0, 0.05) is 11.6 Å². The second-order valence-electron chi connectivity index (χ2n) is 6.53. The minimum Gasteiger partial charge on any atom is -0.497 e. The fourth-order valence-corrected chi connectivity index (χ4v) is 2.73. The fourth-order valence-electron chi connectivity index (χ4n) is 2.73. The lowest BCUT2D eigenvalue weighted by Crippen LogP contribution is -2.03. The lowest BCUT2D eigenvalue weighted by molar-refractivity contribution is -0.128. The lowest BCUT2D eigenvalue weighted by atomic mass is 10.1. The van der Waals surface area contributed by atoms with Crippen molar-refractivity contribution in [2.24, 2.45) is 0 Å². The van der Waals surface area contributed by atoms with Crippen molar-refractivity contribution in [2.45, 2.75) is 0 Å². The third-order valence-corrected chi connectivity index (χ3v) is 4.41. The summed E-state index contributed by atoms with van der Waals surface area (Å²) in [5.74, 6) is 1.20. The minimum absolute atomic E-state index is 0.132. The van der Waals surface area contributed by atoms with Gasteiger partial charge in [-0.1, -0.05) is 30.3 Å². The predicted molar refractivity (Wildman–Crippen MR) is 120 cm³/mol. The zero-order valence-electron chi connectivity index (χ0n) is 17.3. The molecule has 0 unspecified atom stereocenters. The van der Waals surface area contributed by atoms with Crippen LogP contribution in [0.1, 0.15) is 21.5 Å². The zero-order valence-corrected chi connectivity index (χ0v) is 17.3. The highest BCUT2D eigenvalue weighted by atomic mass is 16.5. The molecular formula is C26H22O5. The Labute approximate surface area is 181 Å². The van der Waals surface area contributed by atoms with Gasteiger partial charge in [-0.05, 0) is 71.8 Å². The van der Waals surface area contributed by atoms with Crippen LogP contribution in [-0.2, 0) is 4.79 Å². The van der Waals surface area contributed by atoms with Crippen LogP contribution < -0.4 is 14.2 Å². The summed E-state index contributed by atoms with van der Waals surface area (Å²) in [5, 5.41) is 0. The maximum atomic E-state index is 12.3. The molecule has 0 aliphatic heterocycles. The number of allylic oxidation sites excluding steroid dienone is 1. The van der Waals surface area contributed by atoms with Gasteiger partial charge < -0.3 is 14.2 Å². The van der Waals surface area contributed by atoms with E-state index in [0.29, 0.717) is 17.1 Å². The van der Waals surface area contributed by atoms with Crippen molar-refractivity contribution < 1.29 is 23.8 Å². The Morgan fingerprint density at radius 2 is 1.29 bits per heavy atom. The molecule has 0 amide bonds. The van der Waals surface area contributed by atoms with E-state index in [9.17, 15) is 9.59 Å². The maximum Gasteiger partial charge on any atom is 0.336 e. The molecule has 5 heteroatoms. The summed E-state index contributed by atoms with van der Waals surface area (Å²) in [6.45, 7) is 0. The number of carbonyl (C=O) groups is 2. The van der Waals surface area contributed by atoms with Crippen LogP contribution in [0.4, 0.5) is 0 Å². The van der Waals surface area contributed by atoms with E-state index in [1.54, 1.807) is 68.8 Å². The molecule has 5 nitrogen and oxygen atoms in total. The molecule has 0 fully saturated rings. The highest BCUT2D eigenvalue weighted by molar-refractivity contribution is 6.06. The highest BCUT2D eigenvalue weighted by Gasteiger charge is 2.04. The van der Waals surface area contributed by atoms with Crippen molar-refractivity contribution in [3.05, 3.63) is 102 Å². The summed E-state index contributed by atoms with van der Waals surface area (Å²) in [5.41, 5.74) is 2.15. The number of esters is 1. The summed E-state index contributed by atoms with van der Waals surface area (Å²) in [6, 6.07) is 21.1. The van der Waals surface area contributed by atoms with Gasteiger partial charge in [0.1, 0.15) is 17.2 Å². The third-order valence-electron chi connectivity index (χ3n) is 4.41. The molecule has 0 saturated heterocycles. The molecule has 0 radical (unpaired) electrons. The smallest absolute Gasteiger partial charge is 0.336 e.